The molecule has 1 aromatic heterocycles. The normalized spacial score (nSPS) is 10.4. The van der Waals surface area contributed by atoms with Crippen LogP contribution in [0.2, 0.25) is 5.02 Å². The Kier molecular flexibility index (Phi) is 3.62. The highest BCUT2D eigenvalue weighted by atomic mass is 79.9. The summed E-state index contributed by atoms with van der Waals surface area (Å²) in [4.78, 5) is 4.50. The molecule has 0 bridgehead atoms. The van der Waals surface area contributed by atoms with Crippen LogP contribution in [-0.4, -0.2) is 4.98 Å². The summed E-state index contributed by atoms with van der Waals surface area (Å²) >= 11 is 10.9. The third kappa shape index (κ3) is 2.63. The summed E-state index contributed by atoms with van der Waals surface area (Å²) in [5, 5.41) is 13.6. The van der Waals surface area contributed by atoms with Crippen LogP contribution in [0.1, 0.15) is 5.56 Å². The Labute approximate surface area is 133 Å². The molecule has 0 aliphatic rings. The molecule has 6 heteroatoms. The van der Waals surface area contributed by atoms with Crippen LogP contribution in [0.4, 0.5) is 10.8 Å². The number of hydrogen-bond acceptors (Lipinski definition) is 4. The van der Waals surface area contributed by atoms with E-state index in [2.05, 4.69) is 32.3 Å². The van der Waals surface area contributed by atoms with Crippen molar-refractivity contribution in [3.05, 3.63) is 51.5 Å². The fourth-order valence-electron chi connectivity index (χ4n) is 1.75. The van der Waals surface area contributed by atoms with E-state index in [4.69, 9.17) is 16.9 Å². The molecule has 0 aliphatic carbocycles. The van der Waals surface area contributed by atoms with E-state index in [0.717, 1.165) is 25.5 Å². The second kappa shape index (κ2) is 5.41. The van der Waals surface area contributed by atoms with Crippen molar-refractivity contribution >= 4 is 59.9 Å². The van der Waals surface area contributed by atoms with Gasteiger partial charge in [0.05, 0.1) is 27.5 Å². The van der Waals surface area contributed by atoms with E-state index >= 15 is 0 Å². The van der Waals surface area contributed by atoms with Crippen LogP contribution in [0.3, 0.4) is 0 Å². The predicted octanol–water partition coefficient (Wildman–Crippen LogP) is 5.33. The van der Waals surface area contributed by atoms with Crippen LogP contribution in [0.5, 0.6) is 0 Å². The Bertz CT molecular complexity index is 838. The molecular weight excluding hydrogens is 358 g/mol. The Morgan fingerprint density at radius 1 is 1.25 bits per heavy atom. The molecule has 2 aromatic carbocycles. The summed E-state index contributed by atoms with van der Waals surface area (Å²) in [5.74, 6) is 0. The maximum absolute atomic E-state index is 8.85. The Morgan fingerprint density at radius 3 is 2.85 bits per heavy atom. The van der Waals surface area contributed by atoms with Gasteiger partial charge in [-0.1, -0.05) is 22.9 Å². The first kappa shape index (κ1) is 13.4. The third-order valence-electron chi connectivity index (χ3n) is 2.69. The summed E-state index contributed by atoms with van der Waals surface area (Å²) in [6, 6.07) is 13.1. The van der Waals surface area contributed by atoms with Gasteiger partial charge in [0.15, 0.2) is 5.13 Å². The average molecular weight is 365 g/mol. The minimum absolute atomic E-state index is 0.610. The molecule has 98 valence electrons. The van der Waals surface area contributed by atoms with Crippen LogP contribution in [-0.2, 0) is 0 Å². The number of nitrogens with one attached hydrogen (secondary N) is 1. The first-order chi connectivity index (χ1) is 9.65. The number of rotatable bonds is 2. The maximum atomic E-state index is 8.85. The summed E-state index contributed by atoms with van der Waals surface area (Å²) < 4.78 is 1.86. The summed E-state index contributed by atoms with van der Waals surface area (Å²) in [5.41, 5.74) is 2.39. The topological polar surface area (TPSA) is 48.7 Å². The molecule has 0 saturated carbocycles. The van der Waals surface area contributed by atoms with Gasteiger partial charge in [-0.15, -0.1) is 0 Å². The molecule has 0 amide bonds. The van der Waals surface area contributed by atoms with Crippen LogP contribution < -0.4 is 5.32 Å². The lowest BCUT2D eigenvalue weighted by molar-refractivity contribution is 1.42. The molecule has 3 rings (SSSR count). The molecule has 3 nitrogen and oxygen atoms in total. The number of hydrogen-bond donors (Lipinski definition) is 1. The Morgan fingerprint density at radius 2 is 2.10 bits per heavy atom. The molecular formula is C14H7BrClN3S. The summed E-state index contributed by atoms with van der Waals surface area (Å²) in [7, 11) is 0. The van der Waals surface area contributed by atoms with Gasteiger partial charge in [-0.25, -0.2) is 4.98 Å². The lowest BCUT2D eigenvalue weighted by Gasteiger charge is -2.05. The number of thiazole rings is 1. The van der Waals surface area contributed by atoms with Crippen molar-refractivity contribution in [2.75, 3.05) is 5.32 Å². The zero-order chi connectivity index (χ0) is 14.1. The van der Waals surface area contributed by atoms with Crippen molar-refractivity contribution in [3.63, 3.8) is 0 Å². The Hall–Kier alpha value is -1.61. The molecule has 20 heavy (non-hydrogen) atoms. The van der Waals surface area contributed by atoms with E-state index in [1.54, 1.807) is 12.1 Å². The monoisotopic (exact) mass is 363 g/mol. The largest absolute Gasteiger partial charge is 0.331 e. The van der Waals surface area contributed by atoms with Gasteiger partial charge in [-0.05, 0) is 52.3 Å². The predicted molar refractivity (Wildman–Crippen MR) is 86.8 cm³/mol. The zero-order valence-corrected chi connectivity index (χ0v) is 13.2. The van der Waals surface area contributed by atoms with Crippen molar-refractivity contribution in [3.8, 4) is 6.07 Å². The highest BCUT2D eigenvalue weighted by Gasteiger charge is 2.07. The maximum Gasteiger partial charge on any atom is 0.188 e. The standard InChI is InChI=1S/C14H7BrClN3S/c15-10-5-8(7-17)1-3-11(10)18-14-19-12-4-2-9(16)6-13(12)20-14/h1-6H,(H,18,19). The van der Waals surface area contributed by atoms with Crippen LogP contribution in [0.15, 0.2) is 40.9 Å². The fraction of sp³-hybridized carbons (Fsp3) is 0. The molecule has 3 aromatic rings. The lowest BCUT2D eigenvalue weighted by Crippen LogP contribution is -1.90. The average Bonchev–Trinajstić information content (AvgIpc) is 2.82. The number of benzene rings is 2. The van der Waals surface area contributed by atoms with Crippen LogP contribution in [0, 0.1) is 11.3 Å². The quantitative estimate of drug-likeness (QED) is 0.669. The van der Waals surface area contributed by atoms with Gasteiger partial charge >= 0.3 is 0 Å². The van der Waals surface area contributed by atoms with E-state index in [1.165, 1.54) is 11.3 Å². The van der Waals surface area contributed by atoms with E-state index in [0.29, 0.717) is 10.6 Å². The van der Waals surface area contributed by atoms with Crippen molar-refractivity contribution in [2.24, 2.45) is 0 Å². The van der Waals surface area contributed by atoms with Gasteiger partial charge in [0.2, 0.25) is 0 Å². The Balaban J connectivity index is 1.95. The van der Waals surface area contributed by atoms with Gasteiger partial charge in [-0.2, -0.15) is 5.26 Å². The summed E-state index contributed by atoms with van der Waals surface area (Å²) in [6.07, 6.45) is 0. The van der Waals surface area contributed by atoms with Gasteiger partial charge in [0.1, 0.15) is 0 Å². The SMILES string of the molecule is N#Cc1ccc(Nc2nc3ccc(Cl)cc3s2)c(Br)c1. The zero-order valence-electron chi connectivity index (χ0n) is 10.0. The van der Waals surface area contributed by atoms with Crippen molar-refractivity contribution in [1.82, 2.24) is 4.98 Å². The first-order valence-electron chi connectivity index (χ1n) is 5.68. The minimum atomic E-state index is 0.610. The second-order valence-electron chi connectivity index (χ2n) is 4.06. The van der Waals surface area contributed by atoms with E-state index in [9.17, 15) is 0 Å². The molecule has 0 aliphatic heterocycles. The van der Waals surface area contributed by atoms with Crippen molar-refractivity contribution in [2.45, 2.75) is 0 Å². The van der Waals surface area contributed by atoms with Crippen LogP contribution in [0.25, 0.3) is 10.2 Å². The summed E-state index contributed by atoms with van der Waals surface area (Å²) in [6.45, 7) is 0. The highest BCUT2D eigenvalue weighted by molar-refractivity contribution is 9.10. The van der Waals surface area contributed by atoms with E-state index < -0.39 is 0 Å². The third-order valence-corrected chi connectivity index (χ3v) is 4.52. The van der Waals surface area contributed by atoms with E-state index in [1.807, 2.05) is 24.3 Å². The number of halogens is 2. The highest BCUT2D eigenvalue weighted by Crippen LogP contribution is 2.32. The molecule has 1 heterocycles. The first-order valence-corrected chi connectivity index (χ1v) is 7.67. The number of nitrogens with zero attached hydrogens (tertiary/aromatic N) is 2. The van der Waals surface area contributed by atoms with Gasteiger partial charge < -0.3 is 5.32 Å². The molecule has 0 atom stereocenters. The van der Waals surface area contributed by atoms with Crippen molar-refractivity contribution < 1.29 is 0 Å². The number of fused-ring (bicyclic) bond motifs is 1. The number of anilines is 2. The van der Waals surface area contributed by atoms with Crippen molar-refractivity contribution in [1.29, 1.82) is 5.26 Å². The molecule has 1 N–H and O–H groups in total. The second-order valence-corrected chi connectivity index (χ2v) is 6.38. The molecule has 0 unspecified atom stereocenters. The van der Waals surface area contributed by atoms with Crippen LogP contribution >= 0.6 is 38.9 Å². The minimum Gasteiger partial charge on any atom is -0.331 e. The van der Waals surface area contributed by atoms with Gasteiger partial charge in [0.25, 0.3) is 0 Å². The number of nitriles is 1. The lowest BCUT2D eigenvalue weighted by atomic mass is 10.2. The van der Waals surface area contributed by atoms with Gasteiger partial charge in [0, 0.05) is 9.50 Å². The fourth-order valence-corrected chi connectivity index (χ4v) is 3.39. The number of aromatic nitrogens is 1. The molecule has 0 radical (unpaired) electrons. The smallest absolute Gasteiger partial charge is 0.188 e. The molecule has 0 fully saturated rings. The van der Waals surface area contributed by atoms with Gasteiger partial charge in [-0.3, -0.25) is 0 Å². The molecule has 0 saturated heterocycles. The molecule has 0 spiro atoms. The van der Waals surface area contributed by atoms with E-state index in [-0.39, 0.29) is 0 Å².